The Morgan fingerprint density at radius 2 is 2.00 bits per heavy atom. The van der Waals surface area contributed by atoms with E-state index >= 15 is 0 Å². The molecule has 0 saturated carbocycles. The van der Waals surface area contributed by atoms with Crippen LogP contribution in [0.5, 0.6) is 0 Å². The highest BCUT2D eigenvalue weighted by molar-refractivity contribution is 7.98. The highest BCUT2D eigenvalue weighted by atomic mass is 32.2. The lowest BCUT2D eigenvalue weighted by atomic mass is 9.83. The Kier molecular flexibility index (Phi) is 7.36. The van der Waals surface area contributed by atoms with Gasteiger partial charge in [0.05, 0.1) is 0 Å². The van der Waals surface area contributed by atoms with E-state index in [0.717, 1.165) is 28.9 Å². The molecule has 3 aromatic rings. The van der Waals surface area contributed by atoms with Gasteiger partial charge in [0.2, 0.25) is 5.91 Å². The summed E-state index contributed by atoms with van der Waals surface area (Å²) in [6.07, 6.45) is 6.26. The van der Waals surface area contributed by atoms with Gasteiger partial charge in [0.25, 0.3) is 5.56 Å². The smallest absolute Gasteiger partial charge is 0.318 e. The molecule has 1 fully saturated rings. The van der Waals surface area contributed by atoms with Crippen LogP contribution in [0.15, 0.2) is 53.5 Å². The Labute approximate surface area is 214 Å². The molecular weight excluding hydrogens is 474 g/mol. The quantitative estimate of drug-likeness (QED) is 0.437. The molecule has 36 heavy (non-hydrogen) atoms. The zero-order valence-electron chi connectivity index (χ0n) is 20.5. The third-order valence-electron chi connectivity index (χ3n) is 7.36. The summed E-state index contributed by atoms with van der Waals surface area (Å²) in [7, 11) is 0. The summed E-state index contributed by atoms with van der Waals surface area (Å²) >= 11 is 1.66. The van der Waals surface area contributed by atoms with Gasteiger partial charge in [-0.2, -0.15) is 11.8 Å². The largest absolute Gasteiger partial charge is 0.361 e. The number of piperidine rings is 1. The van der Waals surface area contributed by atoms with E-state index in [1.54, 1.807) is 23.9 Å². The fourth-order valence-corrected chi connectivity index (χ4v) is 6.06. The summed E-state index contributed by atoms with van der Waals surface area (Å²) < 4.78 is 1.86. The number of likely N-dealkylation sites (tertiary alicyclic amines) is 1. The Balaban J connectivity index is 1.19. The predicted octanol–water partition coefficient (Wildman–Crippen LogP) is 2.94. The molecule has 2 bridgehead atoms. The number of aromatic amines is 1. The van der Waals surface area contributed by atoms with E-state index in [-0.39, 0.29) is 29.3 Å². The van der Waals surface area contributed by atoms with Gasteiger partial charge in [0, 0.05) is 61.0 Å². The number of aromatic nitrogens is 2. The zero-order chi connectivity index (χ0) is 25.1. The molecule has 0 spiro atoms. The van der Waals surface area contributed by atoms with Gasteiger partial charge in [-0.1, -0.05) is 24.3 Å². The zero-order valence-corrected chi connectivity index (χ0v) is 21.4. The Morgan fingerprint density at radius 3 is 2.86 bits per heavy atom. The van der Waals surface area contributed by atoms with Crippen LogP contribution < -0.4 is 16.2 Å². The highest BCUT2D eigenvalue weighted by Crippen LogP contribution is 2.34. The first-order chi connectivity index (χ1) is 17.5. The average Bonchev–Trinajstić information content (AvgIpc) is 3.30. The molecule has 190 valence electrons. The number of pyridine rings is 1. The molecule has 4 heterocycles. The van der Waals surface area contributed by atoms with Crippen LogP contribution >= 0.6 is 11.8 Å². The minimum atomic E-state index is -0.579. The van der Waals surface area contributed by atoms with Crippen molar-refractivity contribution in [2.75, 3.05) is 31.6 Å². The fourth-order valence-electron chi connectivity index (χ4n) is 5.59. The van der Waals surface area contributed by atoms with Crippen molar-refractivity contribution in [3.05, 3.63) is 70.3 Å². The second-order valence-electron chi connectivity index (χ2n) is 9.79. The molecule has 9 heteroatoms. The van der Waals surface area contributed by atoms with Gasteiger partial charge in [-0.15, -0.1) is 0 Å². The molecule has 1 saturated heterocycles. The highest BCUT2D eigenvalue weighted by Gasteiger charge is 2.37. The number of carbonyl (C=O) groups excluding carboxylic acids is 2. The minimum Gasteiger partial charge on any atom is -0.361 e. The molecule has 2 aliphatic heterocycles. The first-order valence-corrected chi connectivity index (χ1v) is 14.0. The third-order valence-corrected chi connectivity index (χ3v) is 8.00. The van der Waals surface area contributed by atoms with E-state index in [1.165, 1.54) is 5.39 Å². The number of fused-ring (bicyclic) bond motifs is 5. The number of amides is 3. The number of nitrogens with one attached hydrogen (secondary N) is 3. The van der Waals surface area contributed by atoms with Crippen LogP contribution in [-0.2, 0) is 17.8 Å². The average molecular weight is 508 g/mol. The van der Waals surface area contributed by atoms with Gasteiger partial charge in [0.1, 0.15) is 6.04 Å². The lowest BCUT2D eigenvalue weighted by Gasteiger charge is -2.43. The minimum absolute atomic E-state index is 0.0292. The molecular formula is C27H33N5O3S. The number of carbonyl (C=O) groups is 2. The van der Waals surface area contributed by atoms with Crippen LogP contribution in [0.2, 0.25) is 0 Å². The van der Waals surface area contributed by atoms with Crippen LogP contribution in [0.3, 0.4) is 0 Å². The Morgan fingerprint density at radius 1 is 1.14 bits per heavy atom. The summed E-state index contributed by atoms with van der Waals surface area (Å²) in [6, 6.07) is 12.7. The van der Waals surface area contributed by atoms with Crippen LogP contribution in [0, 0.1) is 5.92 Å². The van der Waals surface area contributed by atoms with Crippen molar-refractivity contribution < 1.29 is 9.59 Å². The van der Waals surface area contributed by atoms with Crippen molar-refractivity contribution in [3.8, 4) is 0 Å². The van der Waals surface area contributed by atoms with Crippen molar-refractivity contribution in [3.63, 3.8) is 0 Å². The fraction of sp³-hybridized carbons (Fsp3) is 0.444. The van der Waals surface area contributed by atoms with E-state index in [1.807, 2.05) is 46.2 Å². The first kappa shape index (κ1) is 24.5. The third kappa shape index (κ3) is 5.16. The van der Waals surface area contributed by atoms with Crippen molar-refractivity contribution in [2.24, 2.45) is 5.92 Å². The molecule has 2 aromatic heterocycles. The van der Waals surface area contributed by atoms with Crippen LogP contribution in [0.4, 0.5) is 4.79 Å². The second-order valence-corrected chi connectivity index (χ2v) is 10.8. The van der Waals surface area contributed by atoms with E-state index in [2.05, 4.69) is 21.7 Å². The summed E-state index contributed by atoms with van der Waals surface area (Å²) in [5.41, 5.74) is 3.28. The first-order valence-electron chi connectivity index (χ1n) is 12.6. The number of benzene rings is 1. The topological polar surface area (TPSA) is 99.2 Å². The van der Waals surface area contributed by atoms with Gasteiger partial charge >= 0.3 is 6.03 Å². The van der Waals surface area contributed by atoms with E-state index in [9.17, 15) is 14.4 Å². The van der Waals surface area contributed by atoms with E-state index in [4.69, 9.17) is 0 Å². The molecule has 3 N–H and O–H groups in total. The van der Waals surface area contributed by atoms with Crippen LogP contribution in [0.1, 0.15) is 30.0 Å². The van der Waals surface area contributed by atoms with Gasteiger partial charge in [-0.3, -0.25) is 9.59 Å². The van der Waals surface area contributed by atoms with Gasteiger partial charge in [0.15, 0.2) is 0 Å². The normalized spacial score (nSPS) is 19.5. The molecule has 5 rings (SSSR count). The monoisotopic (exact) mass is 507 g/mol. The Bertz CT molecular complexity index is 1300. The summed E-state index contributed by atoms with van der Waals surface area (Å²) in [5, 5.41) is 7.20. The predicted molar refractivity (Wildman–Crippen MR) is 143 cm³/mol. The van der Waals surface area contributed by atoms with Crippen molar-refractivity contribution in [1.29, 1.82) is 0 Å². The lowest BCUT2D eigenvalue weighted by Crippen LogP contribution is -2.56. The Hall–Kier alpha value is -3.20. The number of thioether (sulfide) groups is 1. The molecule has 0 aliphatic carbocycles. The number of H-pyrrole nitrogens is 1. The maximum Gasteiger partial charge on any atom is 0.318 e. The van der Waals surface area contributed by atoms with Crippen molar-refractivity contribution in [1.82, 2.24) is 25.1 Å². The molecule has 0 radical (unpaired) electrons. The molecule has 1 aromatic carbocycles. The number of urea groups is 1. The van der Waals surface area contributed by atoms with Gasteiger partial charge in [-0.05, 0) is 54.9 Å². The van der Waals surface area contributed by atoms with Gasteiger partial charge < -0.3 is 25.1 Å². The molecule has 3 atom stereocenters. The molecule has 8 nitrogen and oxygen atoms in total. The molecule has 0 unspecified atom stereocenters. The summed E-state index contributed by atoms with van der Waals surface area (Å²) in [4.78, 5) is 43.7. The SMILES string of the molecule is CSCC[C@H](NC(=O)N1C[C@@H]2C[C@H](C1)c1cccc(=O)n1C2)C(=O)NCCc1c[nH]c2ccccc12. The lowest BCUT2D eigenvalue weighted by molar-refractivity contribution is -0.123. The van der Waals surface area contributed by atoms with Crippen molar-refractivity contribution in [2.45, 2.75) is 37.8 Å². The summed E-state index contributed by atoms with van der Waals surface area (Å²) in [6.45, 7) is 2.30. The number of para-hydroxylation sites is 1. The number of hydrogen-bond donors (Lipinski definition) is 3. The number of rotatable bonds is 8. The maximum absolute atomic E-state index is 13.2. The van der Waals surface area contributed by atoms with E-state index < -0.39 is 6.04 Å². The second kappa shape index (κ2) is 10.8. The van der Waals surface area contributed by atoms with Gasteiger partial charge in [-0.25, -0.2) is 4.79 Å². The molecule has 3 amide bonds. The molecule has 2 aliphatic rings. The van der Waals surface area contributed by atoms with Crippen LogP contribution in [-0.4, -0.2) is 64.1 Å². The van der Waals surface area contributed by atoms with Crippen LogP contribution in [0.25, 0.3) is 10.9 Å². The number of hydrogen-bond acceptors (Lipinski definition) is 4. The number of nitrogens with zero attached hydrogens (tertiary/aromatic N) is 2. The van der Waals surface area contributed by atoms with E-state index in [0.29, 0.717) is 39.0 Å². The summed E-state index contributed by atoms with van der Waals surface area (Å²) in [5.74, 6) is 1.03. The standard InChI is InChI=1S/C27H33N5O3S/c1-36-12-10-23(26(34)28-11-9-19-14-29-22-6-3-2-5-21(19)22)30-27(35)31-15-18-13-20(17-31)24-7-4-8-25(33)32(24)16-18/h2-8,14,18,20,23,29H,9-13,15-17H2,1H3,(H,28,34)(H,30,35)/t18-,20+,23-/m0/s1. The maximum atomic E-state index is 13.2. The van der Waals surface area contributed by atoms with Crippen molar-refractivity contribution >= 4 is 34.6 Å².